The largest absolute Gasteiger partial charge is 0.469 e. The van der Waals surface area contributed by atoms with Gasteiger partial charge in [-0.2, -0.15) is 0 Å². The van der Waals surface area contributed by atoms with Gasteiger partial charge in [0.05, 0.1) is 24.6 Å². The van der Waals surface area contributed by atoms with E-state index in [1.165, 1.54) is 18.4 Å². The van der Waals surface area contributed by atoms with Gasteiger partial charge in [0.2, 0.25) is 5.91 Å². The molecule has 0 aliphatic heterocycles. The maximum atomic E-state index is 12.6. The number of nitrogens with zero attached hydrogens (tertiary/aromatic N) is 1. The van der Waals surface area contributed by atoms with Crippen molar-refractivity contribution < 1.29 is 19.1 Å². The van der Waals surface area contributed by atoms with Gasteiger partial charge in [-0.3, -0.25) is 14.4 Å². The van der Waals surface area contributed by atoms with Crippen LogP contribution in [0.2, 0.25) is 0 Å². The summed E-state index contributed by atoms with van der Waals surface area (Å²) in [7, 11) is 1.35. The Hall–Kier alpha value is -2.74. The van der Waals surface area contributed by atoms with Crippen LogP contribution in [0.25, 0.3) is 11.3 Å². The molecule has 2 N–H and O–H groups in total. The first-order valence-electron chi connectivity index (χ1n) is 9.80. The highest BCUT2D eigenvalue weighted by molar-refractivity contribution is 7.14. The van der Waals surface area contributed by atoms with E-state index in [4.69, 9.17) is 4.74 Å². The van der Waals surface area contributed by atoms with Crippen LogP contribution in [0.5, 0.6) is 0 Å². The van der Waals surface area contributed by atoms with E-state index in [1.807, 2.05) is 17.5 Å². The number of methoxy groups -OCH3 is 1. The van der Waals surface area contributed by atoms with Gasteiger partial charge in [-0.05, 0) is 37.8 Å². The molecule has 2 atom stereocenters. The van der Waals surface area contributed by atoms with Crippen LogP contribution in [-0.4, -0.2) is 35.9 Å². The number of anilines is 1. The molecule has 0 spiro atoms. The maximum absolute atomic E-state index is 12.6. The monoisotopic (exact) mass is 413 g/mol. The molecule has 2 fully saturated rings. The number of ether oxygens (including phenoxy) is 1. The molecule has 2 aromatic rings. The number of hydrogen-bond acceptors (Lipinski definition) is 6. The van der Waals surface area contributed by atoms with Gasteiger partial charge in [-0.25, -0.2) is 4.98 Å². The standard InChI is InChI=1S/C21H23N3O4S/c1-28-20(27)16-4-2-3-15(16)19(26)24-21-23-17(11-29-21)12-5-7-13(8-6-12)18(25)22-14-9-10-14/h5-8,11,14-16H,2-4,9-10H2,1H3,(H,22,25)(H,23,24,26). The first-order chi connectivity index (χ1) is 14.0. The summed E-state index contributed by atoms with van der Waals surface area (Å²) >= 11 is 1.34. The van der Waals surface area contributed by atoms with E-state index < -0.39 is 0 Å². The minimum absolute atomic E-state index is 0.0537. The van der Waals surface area contributed by atoms with Crippen LogP contribution in [0, 0.1) is 11.8 Å². The van der Waals surface area contributed by atoms with E-state index in [2.05, 4.69) is 15.6 Å². The number of benzene rings is 1. The number of rotatable bonds is 6. The zero-order valence-electron chi connectivity index (χ0n) is 16.1. The molecular formula is C21H23N3O4S. The molecule has 2 amide bonds. The molecule has 0 radical (unpaired) electrons. The van der Waals surface area contributed by atoms with Crippen molar-refractivity contribution in [1.82, 2.24) is 10.3 Å². The van der Waals surface area contributed by atoms with Gasteiger partial charge in [0.25, 0.3) is 5.91 Å². The second-order valence-electron chi connectivity index (χ2n) is 7.52. The lowest BCUT2D eigenvalue weighted by molar-refractivity contribution is -0.148. The Bertz CT molecular complexity index is 920. The Morgan fingerprint density at radius 2 is 1.79 bits per heavy atom. The SMILES string of the molecule is COC(=O)C1CCCC1C(=O)Nc1nc(-c2ccc(C(=O)NC3CC3)cc2)cs1. The summed E-state index contributed by atoms with van der Waals surface area (Å²) < 4.78 is 4.82. The molecule has 152 valence electrons. The average Bonchev–Trinajstić information content (AvgIpc) is 3.21. The van der Waals surface area contributed by atoms with Crippen molar-refractivity contribution in [3.63, 3.8) is 0 Å². The normalized spacial score (nSPS) is 20.9. The number of carbonyl (C=O) groups is 3. The third-order valence-electron chi connectivity index (χ3n) is 5.45. The fourth-order valence-corrected chi connectivity index (χ4v) is 4.38. The van der Waals surface area contributed by atoms with Crippen LogP contribution in [0.1, 0.15) is 42.5 Å². The van der Waals surface area contributed by atoms with Crippen molar-refractivity contribution in [1.29, 1.82) is 0 Å². The first-order valence-corrected chi connectivity index (χ1v) is 10.7. The molecule has 2 unspecified atom stereocenters. The van der Waals surface area contributed by atoms with E-state index in [-0.39, 0.29) is 29.6 Å². The molecular weight excluding hydrogens is 390 g/mol. The van der Waals surface area contributed by atoms with Gasteiger partial charge in [0, 0.05) is 22.5 Å². The Balaban J connectivity index is 1.39. The smallest absolute Gasteiger partial charge is 0.309 e. The summed E-state index contributed by atoms with van der Waals surface area (Å²) in [5.41, 5.74) is 2.23. The molecule has 4 rings (SSSR count). The van der Waals surface area contributed by atoms with Crippen LogP contribution >= 0.6 is 11.3 Å². The number of aromatic nitrogens is 1. The Morgan fingerprint density at radius 1 is 1.07 bits per heavy atom. The fraction of sp³-hybridized carbons (Fsp3) is 0.429. The topological polar surface area (TPSA) is 97.4 Å². The number of nitrogens with one attached hydrogen (secondary N) is 2. The molecule has 0 saturated heterocycles. The summed E-state index contributed by atoms with van der Waals surface area (Å²) in [4.78, 5) is 41.0. The molecule has 2 saturated carbocycles. The average molecular weight is 413 g/mol. The summed E-state index contributed by atoms with van der Waals surface area (Å²) in [5.74, 6) is -1.32. The van der Waals surface area contributed by atoms with Gasteiger partial charge in [-0.1, -0.05) is 18.6 Å². The summed E-state index contributed by atoms with van der Waals surface area (Å²) in [6.07, 6.45) is 4.29. The van der Waals surface area contributed by atoms with Gasteiger partial charge in [-0.15, -0.1) is 11.3 Å². The predicted molar refractivity (Wildman–Crippen MR) is 110 cm³/mol. The molecule has 1 heterocycles. The van der Waals surface area contributed by atoms with Crippen molar-refractivity contribution in [3.8, 4) is 11.3 Å². The number of amides is 2. The third-order valence-corrected chi connectivity index (χ3v) is 6.20. The second-order valence-corrected chi connectivity index (χ2v) is 8.38. The Labute approximate surface area is 172 Å². The zero-order chi connectivity index (χ0) is 20.4. The van der Waals surface area contributed by atoms with E-state index in [9.17, 15) is 14.4 Å². The van der Waals surface area contributed by atoms with Crippen molar-refractivity contribution in [2.24, 2.45) is 11.8 Å². The van der Waals surface area contributed by atoms with Crippen LogP contribution in [-0.2, 0) is 14.3 Å². The number of hydrogen-bond donors (Lipinski definition) is 2. The van der Waals surface area contributed by atoms with Crippen molar-refractivity contribution in [3.05, 3.63) is 35.2 Å². The maximum Gasteiger partial charge on any atom is 0.309 e. The van der Waals surface area contributed by atoms with Crippen molar-refractivity contribution in [2.45, 2.75) is 38.1 Å². The Kier molecular flexibility index (Phi) is 5.62. The predicted octanol–water partition coefficient (Wildman–Crippen LogP) is 3.23. The van der Waals surface area contributed by atoms with E-state index in [0.717, 1.165) is 30.5 Å². The van der Waals surface area contributed by atoms with Crippen molar-refractivity contribution >= 4 is 34.3 Å². The second kappa shape index (κ2) is 8.32. The van der Waals surface area contributed by atoms with Gasteiger partial charge < -0.3 is 15.4 Å². The highest BCUT2D eigenvalue weighted by Crippen LogP contribution is 2.34. The number of thiazole rings is 1. The quantitative estimate of drug-likeness (QED) is 0.709. The highest BCUT2D eigenvalue weighted by atomic mass is 32.1. The minimum atomic E-state index is -0.381. The van der Waals surface area contributed by atoms with Crippen LogP contribution < -0.4 is 10.6 Å². The lowest BCUT2D eigenvalue weighted by Crippen LogP contribution is -2.30. The first kappa shape index (κ1) is 19.6. The molecule has 2 aliphatic rings. The van der Waals surface area contributed by atoms with Gasteiger partial charge in [0.1, 0.15) is 0 Å². The highest BCUT2D eigenvalue weighted by Gasteiger charge is 2.38. The van der Waals surface area contributed by atoms with E-state index in [1.54, 1.807) is 12.1 Å². The van der Waals surface area contributed by atoms with Crippen LogP contribution in [0.15, 0.2) is 29.6 Å². The van der Waals surface area contributed by atoms with E-state index >= 15 is 0 Å². The third kappa shape index (κ3) is 4.48. The molecule has 0 bridgehead atoms. The fourth-order valence-electron chi connectivity index (χ4n) is 3.66. The summed E-state index contributed by atoms with van der Waals surface area (Å²) in [6.45, 7) is 0. The molecule has 1 aromatic heterocycles. The minimum Gasteiger partial charge on any atom is -0.469 e. The zero-order valence-corrected chi connectivity index (χ0v) is 17.0. The lowest BCUT2D eigenvalue weighted by atomic mass is 9.95. The molecule has 29 heavy (non-hydrogen) atoms. The number of esters is 1. The lowest BCUT2D eigenvalue weighted by Gasteiger charge is -2.16. The van der Waals surface area contributed by atoms with E-state index in [0.29, 0.717) is 29.6 Å². The molecule has 7 nitrogen and oxygen atoms in total. The van der Waals surface area contributed by atoms with Gasteiger partial charge >= 0.3 is 5.97 Å². The number of carbonyl (C=O) groups excluding carboxylic acids is 3. The van der Waals surface area contributed by atoms with Gasteiger partial charge in [0.15, 0.2) is 5.13 Å². The van der Waals surface area contributed by atoms with Crippen LogP contribution in [0.4, 0.5) is 5.13 Å². The molecule has 1 aromatic carbocycles. The molecule has 2 aliphatic carbocycles. The molecule has 8 heteroatoms. The summed E-state index contributed by atoms with van der Waals surface area (Å²) in [6, 6.07) is 7.60. The van der Waals surface area contributed by atoms with Crippen molar-refractivity contribution in [2.75, 3.05) is 12.4 Å². The summed E-state index contributed by atoms with van der Waals surface area (Å²) in [5, 5.41) is 8.16. The Morgan fingerprint density at radius 3 is 2.48 bits per heavy atom. The van der Waals surface area contributed by atoms with Crippen LogP contribution in [0.3, 0.4) is 0 Å².